The van der Waals surface area contributed by atoms with E-state index in [-0.39, 0.29) is 0 Å². The first kappa shape index (κ1) is 24.8. The normalized spacial score (nSPS) is 14.1. The Labute approximate surface area is 216 Å². The van der Waals surface area contributed by atoms with Gasteiger partial charge >= 0.3 is 0 Å². The molecule has 0 bridgehead atoms. The number of aromatic nitrogens is 2. The first-order chi connectivity index (χ1) is 17.7. The number of imidazole rings is 1. The van der Waals surface area contributed by atoms with E-state index < -0.39 is 15.9 Å². The third-order valence-electron chi connectivity index (χ3n) is 6.46. The van der Waals surface area contributed by atoms with Crippen LogP contribution >= 0.6 is 0 Å². The molecule has 190 valence electrons. The third-order valence-corrected chi connectivity index (χ3v) is 7.03. The van der Waals surface area contributed by atoms with Gasteiger partial charge in [0, 0.05) is 24.6 Å². The number of fused-ring (bicyclic) bond motifs is 3. The van der Waals surface area contributed by atoms with Gasteiger partial charge in [-0.3, -0.25) is 4.79 Å². The molecule has 1 N–H and O–H groups in total. The van der Waals surface area contributed by atoms with Crippen LogP contribution < -0.4 is 9.46 Å². The van der Waals surface area contributed by atoms with Gasteiger partial charge in [-0.1, -0.05) is 49.4 Å². The summed E-state index contributed by atoms with van der Waals surface area (Å²) in [7, 11) is -3.69. The second-order valence-electron chi connectivity index (χ2n) is 9.38. The van der Waals surface area contributed by atoms with E-state index in [0.717, 1.165) is 63.8 Å². The Morgan fingerprint density at radius 2 is 1.92 bits per heavy atom. The lowest BCUT2D eigenvalue weighted by atomic mass is 9.92. The second-order valence-corrected chi connectivity index (χ2v) is 11.1. The monoisotopic (exact) mass is 515 g/mol. The summed E-state index contributed by atoms with van der Waals surface area (Å²) in [6.07, 6.45) is 4.18. The summed E-state index contributed by atoms with van der Waals surface area (Å²) in [4.78, 5) is 17.5. The summed E-state index contributed by atoms with van der Waals surface area (Å²) in [5.74, 6) is 0.997. The number of nitrogens with one attached hydrogen (secondary N) is 1. The number of carbonyl (C=O) groups is 1. The first-order valence-electron chi connectivity index (χ1n) is 12.3. The molecule has 8 heteroatoms. The van der Waals surface area contributed by atoms with Crippen LogP contribution in [0.3, 0.4) is 0 Å². The Hall–Kier alpha value is -3.91. The van der Waals surface area contributed by atoms with Crippen LogP contribution in [0, 0.1) is 6.92 Å². The summed E-state index contributed by atoms with van der Waals surface area (Å²) >= 11 is 0. The van der Waals surface area contributed by atoms with E-state index >= 15 is 0 Å². The van der Waals surface area contributed by atoms with Crippen LogP contribution in [-0.2, 0) is 34.4 Å². The molecular weight excluding hydrogens is 486 g/mol. The SMILES string of the molecule is CCCc1nc2c(C)cccc2n1Cc1ccc2c(c1)COc1ccccc1C2=CC(=O)NS(C)(=O)=O. The number of rotatable bonds is 6. The lowest BCUT2D eigenvalue weighted by Crippen LogP contribution is -2.27. The topological polar surface area (TPSA) is 90.3 Å². The molecule has 5 rings (SSSR count). The summed E-state index contributed by atoms with van der Waals surface area (Å²) in [5, 5.41) is 0. The molecule has 1 aliphatic heterocycles. The minimum Gasteiger partial charge on any atom is -0.488 e. The number of carbonyl (C=O) groups excluding carboxylic acids is 1. The fourth-order valence-corrected chi connectivity index (χ4v) is 5.28. The van der Waals surface area contributed by atoms with Gasteiger partial charge in [0.25, 0.3) is 5.91 Å². The van der Waals surface area contributed by atoms with E-state index in [4.69, 9.17) is 9.72 Å². The Bertz CT molecular complexity index is 1650. The van der Waals surface area contributed by atoms with Gasteiger partial charge in [0.15, 0.2) is 0 Å². The number of hydrogen-bond donors (Lipinski definition) is 1. The lowest BCUT2D eigenvalue weighted by molar-refractivity contribution is -0.114. The molecule has 1 aromatic heterocycles. The highest BCUT2D eigenvalue weighted by Gasteiger charge is 2.21. The molecule has 0 saturated heterocycles. The zero-order valence-electron chi connectivity index (χ0n) is 21.1. The molecule has 37 heavy (non-hydrogen) atoms. The highest BCUT2D eigenvalue weighted by atomic mass is 32.2. The van der Waals surface area contributed by atoms with E-state index in [1.54, 1.807) is 0 Å². The van der Waals surface area contributed by atoms with Crippen molar-refractivity contribution >= 4 is 32.5 Å². The molecule has 1 aliphatic rings. The highest BCUT2D eigenvalue weighted by Crippen LogP contribution is 2.37. The molecule has 2 heterocycles. The minimum atomic E-state index is -3.69. The molecule has 0 spiro atoms. The Morgan fingerprint density at radius 1 is 1.11 bits per heavy atom. The van der Waals surface area contributed by atoms with Crippen molar-refractivity contribution in [1.82, 2.24) is 14.3 Å². The Morgan fingerprint density at radius 3 is 2.70 bits per heavy atom. The van der Waals surface area contributed by atoms with Crippen molar-refractivity contribution in [3.05, 3.63) is 100 Å². The van der Waals surface area contributed by atoms with Crippen molar-refractivity contribution in [3.63, 3.8) is 0 Å². The average molecular weight is 516 g/mol. The van der Waals surface area contributed by atoms with Gasteiger partial charge in [0.05, 0.1) is 17.3 Å². The number of nitrogens with zero attached hydrogens (tertiary/aromatic N) is 2. The van der Waals surface area contributed by atoms with Crippen LogP contribution in [0.2, 0.25) is 0 Å². The molecule has 0 unspecified atom stereocenters. The van der Waals surface area contributed by atoms with Gasteiger partial charge in [0.2, 0.25) is 10.0 Å². The van der Waals surface area contributed by atoms with Crippen LogP contribution in [0.1, 0.15) is 47.0 Å². The number of hydrogen-bond acceptors (Lipinski definition) is 5. The molecular formula is C29H29N3O4S. The van der Waals surface area contributed by atoms with Gasteiger partial charge in [-0.05, 0) is 59.4 Å². The zero-order valence-corrected chi connectivity index (χ0v) is 21.9. The fourth-order valence-electron chi connectivity index (χ4n) is 4.85. The summed E-state index contributed by atoms with van der Waals surface area (Å²) in [5.41, 5.74) is 7.49. The van der Waals surface area contributed by atoms with Crippen molar-refractivity contribution in [2.75, 3.05) is 6.26 Å². The predicted molar refractivity (Wildman–Crippen MR) is 145 cm³/mol. The molecule has 7 nitrogen and oxygen atoms in total. The van der Waals surface area contributed by atoms with Gasteiger partial charge < -0.3 is 9.30 Å². The molecule has 1 amide bonds. The van der Waals surface area contributed by atoms with Crippen molar-refractivity contribution in [2.45, 2.75) is 39.8 Å². The number of sulfonamides is 1. The van der Waals surface area contributed by atoms with Crippen LogP contribution in [0.5, 0.6) is 5.75 Å². The van der Waals surface area contributed by atoms with Crippen LogP contribution in [-0.4, -0.2) is 30.1 Å². The standard InChI is InChI=1S/C29H29N3O4S/c1-4-8-27-30-29-19(2)9-7-11-25(29)32(27)17-20-13-14-22-21(15-20)18-36-26-12-6-5-10-23(26)24(22)16-28(33)31-37(3,34)35/h5-7,9-16H,4,8,17-18H2,1-3H3,(H,31,33). The van der Waals surface area contributed by atoms with Crippen LogP contribution in [0.15, 0.2) is 66.7 Å². The maximum Gasteiger partial charge on any atom is 0.258 e. The second kappa shape index (κ2) is 9.86. The van der Waals surface area contributed by atoms with Gasteiger partial charge in [-0.2, -0.15) is 0 Å². The Kier molecular flexibility index (Phi) is 6.60. The van der Waals surface area contributed by atoms with Gasteiger partial charge in [-0.25, -0.2) is 18.1 Å². The van der Waals surface area contributed by atoms with E-state index in [1.807, 2.05) is 41.1 Å². The molecule has 3 aromatic carbocycles. The van der Waals surface area contributed by atoms with E-state index in [9.17, 15) is 13.2 Å². The quantitative estimate of drug-likeness (QED) is 0.375. The molecule has 0 atom stereocenters. The van der Waals surface area contributed by atoms with Gasteiger partial charge in [-0.15, -0.1) is 0 Å². The van der Waals surface area contributed by atoms with E-state index in [0.29, 0.717) is 24.5 Å². The number of para-hydroxylation sites is 2. The first-order valence-corrected chi connectivity index (χ1v) is 14.1. The maximum atomic E-state index is 12.6. The average Bonchev–Trinajstić information content (AvgIpc) is 3.11. The molecule has 0 aliphatic carbocycles. The van der Waals surface area contributed by atoms with E-state index in [2.05, 4.69) is 42.7 Å². The highest BCUT2D eigenvalue weighted by molar-refractivity contribution is 7.89. The number of aryl methyl sites for hydroxylation is 2. The molecule has 4 aromatic rings. The van der Waals surface area contributed by atoms with Crippen molar-refractivity contribution < 1.29 is 17.9 Å². The molecule has 0 radical (unpaired) electrons. The predicted octanol–water partition coefficient (Wildman–Crippen LogP) is 4.75. The number of benzene rings is 3. The summed E-state index contributed by atoms with van der Waals surface area (Å²) < 4.78 is 33.7. The van der Waals surface area contributed by atoms with Crippen molar-refractivity contribution in [2.24, 2.45) is 0 Å². The summed E-state index contributed by atoms with van der Waals surface area (Å²) in [6, 6.07) is 19.8. The summed E-state index contributed by atoms with van der Waals surface area (Å²) in [6.45, 7) is 5.22. The van der Waals surface area contributed by atoms with Gasteiger partial charge in [0.1, 0.15) is 18.2 Å². The van der Waals surface area contributed by atoms with Crippen LogP contribution in [0.25, 0.3) is 16.6 Å². The molecule has 0 saturated carbocycles. The van der Waals surface area contributed by atoms with Crippen molar-refractivity contribution in [1.29, 1.82) is 0 Å². The van der Waals surface area contributed by atoms with Crippen molar-refractivity contribution in [3.8, 4) is 5.75 Å². The smallest absolute Gasteiger partial charge is 0.258 e. The van der Waals surface area contributed by atoms with Crippen LogP contribution in [0.4, 0.5) is 0 Å². The minimum absolute atomic E-state index is 0.330. The maximum absolute atomic E-state index is 12.6. The fraction of sp³-hybridized carbons (Fsp3) is 0.241. The molecule has 0 fully saturated rings. The Balaban J connectivity index is 1.58. The zero-order chi connectivity index (χ0) is 26.2. The third kappa shape index (κ3) is 5.15. The number of amides is 1. The number of ether oxygens (including phenoxy) is 1. The largest absolute Gasteiger partial charge is 0.488 e. The lowest BCUT2D eigenvalue weighted by Gasteiger charge is -2.14. The van der Waals surface area contributed by atoms with E-state index in [1.165, 1.54) is 6.08 Å².